The molecule has 0 aliphatic rings. The molecule has 0 fully saturated rings. The van der Waals surface area contributed by atoms with Gasteiger partial charge in [0.25, 0.3) is 0 Å². The normalized spacial score (nSPS) is 12.4. The lowest BCUT2D eigenvalue weighted by molar-refractivity contribution is 0.512. The smallest absolute Gasteiger partial charge is 0.0590 e. The van der Waals surface area contributed by atoms with Crippen molar-refractivity contribution in [3.05, 3.63) is 20.8 Å². The first-order valence-corrected chi connectivity index (χ1v) is 6.86. The summed E-state index contributed by atoms with van der Waals surface area (Å²) in [5.41, 5.74) is 1.16. The van der Waals surface area contributed by atoms with Gasteiger partial charge in [0.1, 0.15) is 0 Å². The third-order valence-electron chi connectivity index (χ3n) is 2.46. The summed E-state index contributed by atoms with van der Waals surface area (Å²) < 4.78 is 0. The van der Waals surface area contributed by atoms with E-state index in [1.54, 1.807) is 11.3 Å². The lowest BCUT2D eigenvalue weighted by Crippen LogP contribution is -2.21. The summed E-state index contributed by atoms with van der Waals surface area (Å²) in [7, 11) is 0. The van der Waals surface area contributed by atoms with Gasteiger partial charge in [-0.15, -0.1) is 23.7 Å². The van der Waals surface area contributed by atoms with Gasteiger partial charge in [0.15, 0.2) is 0 Å². The summed E-state index contributed by atoms with van der Waals surface area (Å²) in [5, 5.41) is 6.51. The minimum absolute atomic E-state index is 0.308. The van der Waals surface area contributed by atoms with Crippen molar-refractivity contribution >= 4 is 22.9 Å². The van der Waals surface area contributed by atoms with Gasteiger partial charge in [-0.05, 0) is 37.3 Å². The van der Waals surface area contributed by atoms with Gasteiger partial charge in [-0.3, -0.25) is 0 Å². The van der Waals surface area contributed by atoms with E-state index in [0.29, 0.717) is 6.04 Å². The van der Waals surface area contributed by atoms with E-state index in [0.717, 1.165) is 36.4 Å². The van der Waals surface area contributed by atoms with Gasteiger partial charge in [0.05, 0.1) is 5.02 Å². The summed E-state index contributed by atoms with van der Waals surface area (Å²) in [6.07, 6.45) is 8.18. The van der Waals surface area contributed by atoms with Crippen molar-refractivity contribution in [1.82, 2.24) is 5.32 Å². The van der Waals surface area contributed by atoms with Crippen LogP contribution in [0.15, 0.2) is 5.38 Å². The van der Waals surface area contributed by atoms with Crippen LogP contribution in [0.4, 0.5) is 0 Å². The first kappa shape index (κ1) is 13.6. The average molecular weight is 256 g/mol. The van der Waals surface area contributed by atoms with Crippen LogP contribution in [0.2, 0.25) is 5.02 Å². The minimum Gasteiger partial charge on any atom is -0.309 e. The highest BCUT2D eigenvalue weighted by atomic mass is 35.5. The van der Waals surface area contributed by atoms with Crippen LogP contribution in [0.1, 0.15) is 42.7 Å². The Kier molecular flexibility index (Phi) is 5.90. The molecule has 16 heavy (non-hydrogen) atoms. The second-order valence-corrected chi connectivity index (χ2v) is 5.14. The summed E-state index contributed by atoms with van der Waals surface area (Å²) in [6, 6.07) is 0.308. The fraction of sp³-hybridized carbons (Fsp3) is 0.538. The lowest BCUT2D eigenvalue weighted by Gasteiger charge is -2.16. The van der Waals surface area contributed by atoms with Crippen molar-refractivity contribution in [1.29, 1.82) is 0 Å². The predicted molar refractivity (Wildman–Crippen MR) is 73.2 cm³/mol. The number of thiophene rings is 1. The monoisotopic (exact) mass is 255 g/mol. The second kappa shape index (κ2) is 6.96. The van der Waals surface area contributed by atoms with Crippen LogP contribution >= 0.6 is 22.9 Å². The summed E-state index contributed by atoms with van der Waals surface area (Å²) in [5.74, 6) is 2.69. The van der Waals surface area contributed by atoms with E-state index >= 15 is 0 Å². The molecular weight excluding hydrogens is 238 g/mol. The van der Waals surface area contributed by atoms with Crippen molar-refractivity contribution in [3.63, 3.8) is 0 Å². The highest BCUT2D eigenvalue weighted by molar-refractivity contribution is 7.10. The Morgan fingerprint density at radius 1 is 1.62 bits per heavy atom. The van der Waals surface area contributed by atoms with E-state index in [9.17, 15) is 0 Å². The molecule has 1 unspecified atom stereocenters. The molecule has 0 radical (unpaired) electrons. The third kappa shape index (κ3) is 3.52. The molecule has 1 heterocycles. The molecule has 0 saturated carbocycles. The largest absolute Gasteiger partial charge is 0.309 e. The molecule has 1 N–H and O–H groups in total. The fourth-order valence-electron chi connectivity index (χ4n) is 1.56. The molecule has 1 atom stereocenters. The van der Waals surface area contributed by atoms with E-state index in [2.05, 4.69) is 23.5 Å². The van der Waals surface area contributed by atoms with Crippen molar-refractivity contribution in [2.75, 3.05) is 6.54 Å². The number of hydrogen-bond donors (Lipinski definition) is 1. The Bertz CT molecular complexity index is 364. The molecule has 1 nitrogen and oxygen atoms in total. The van der Waals surface area contributed by atoms with Crippen LogP contribution < -0.4 is 5.32 Å². The van der Waals surface area contributed by atoms with Gasteiger partial charge in [0.2, 0.25) is 0 Å². The molecule has 0 bridgehead atoms. The SMILES string of the molecule is C#CCCC(NCCC)c1scc(C)c1Cl. The molecule has 3 heteroatoms. The topological polar surface area (TPSA) is 12.0 Å². The third-order valence-corrected chi connectivity index (χ3v) is 4.29. The lowest BCUT2D eigenvalue weighted by atomic mass is 10.1. The van der Waals surface area contributed by atoms with Crippen LogP contribution in [0, 0.1) is 19.3 Å². The van der Waals surface area contributed by atoms with Crippen LogP contribution in [-0.4, -0.2) is 6.54 Å². The Hall–Kier alpha value is -0.490. The Morgan fingerprint density at radius 2 is 2.38 bits per heavy atom. The predicted octanol–water partition coefficient (Wildman–Crippen LogP) is 4.16. The maximum Gasteiger partial charge on any atom is 0.0590 e. The molecule has 0 aromatic carbocycles. The molecular formula is C13H18ClNS. The zero-order valence-corrected chi connectivity index (χ0v) is 11.4. The van der Waals surface area contributed by atoms with E-state index in [1.165, 1.54) is 4.88 Å². The molecule has 1 rings (SSSR count). The standard InChI is InChI=1S/C13H18ClNS/c1-4-6-7-11(15-8-5-2)13-12(14)10(3)9-16-13/h1,9,11,15H,5-8H2,2-3H3. The molecule has 0 saturated heterocycles. The van der Waals surface area contributed by atoms with Gasteiger partial charge >= 0.3 is 0 Å². The van der Waals surface area contributed by atoms with Gasteiger partial charge in [-0.2, -0.15) is 0 Å². The van der Waals surface area contributed by atoms with Gasteiger partial charge in [0, 0.05) is 17.3 Å². The summed E-state index contributed by atoms with van der Waals surface area (Å²) in [4.78, 5) is 1.22. The average Bonchev–Trinajstić information content (AvgIpc) is 2.61. The van der Waals surface area contributed by atoms with E-state index < -0.39 is 0 Å². The van der Waals surface area contributed by atoms with Gasteiger partial charge in [-0.1, -0.05) is 18.5 Å². The molecule has 0 amide bonds. The zero-order valence-electron chi connectivity index (χ0n) is 9.85. The van der Waals surface area contributed by atoms with E-state index in [-0.39, 0.29) is 0 Å². The number of hydrogen-bond acceptors (Lipinski definition) is 2. The molecule has 0 spiro atoms. The number of rotatable bonds is 6. The molecule has 88 valence electrons. The van der Waals surface area contributed by atoms with Crippen molar-refractivity contribution < 1.29 is 0 Å². The number of halogens is 1. The van der Waals surface area contributed by atoms with Crippen LogP contribution in [0.3, 0.4) is 0 Å². The Balaban J connectivity index is 2.75. The van der Waals surface area contributed by atoms with Crippen molar-refractivity contribution in [2.24, 2.45) is 0 Å². The molecule has 1 aromatic heterocycles. The summed E-state index contributed by atoms with van der Waals surface area (Å²) in [6.45, 7) is 5.20. The summed E-state index contributed by atoms with van der Waals surface area (Å²) >= 11 is 8.00. The maximum atomic E-state index is 6.28. The highest BCUT2D eigenvalue weighted by Gasteiger charge is 2.16. The number of nitrogens with one attached hydrogen (secondary N) is 1. The first-order valence-electron chi connectivity index (χ1n) is 5.61. The fourth-order valence-corrected chi connectivity index (χ4v) is 2.99. The van der Waals surface area contributed by atoms with Crippen molar-refractivity contribution in [2.45, 2.75) is 39.2 Å². The van der Waals surface area contributed by atoms with Crippen LogP contribution in [-0.2, 0) is 0 Å². The number of aryl methyl sites for hydroxylation is 1. The van der Waals surface area contributed by atoms with E-state index in [4.69, 9.17) is 18.0 Å². The molecule has 0 aliphatic carbocycles. The number of terminal acetylenes is 1. The van der Waals surface area contributed by atoms with Crippen LogP contribution in [0.25, 0.3) is 0 Å². The van der Waals surface area contributed by atoms with Crippen molar-refractivity contribution in [3.8, 4) is 12.3 Å². The van der Waals surface area contributed by atoms with Gasteiger partial charge in [-0.25, -0.2) is 0 Å². The Morgan fingerprint density at radius 3 is 2.88 bits per heavy atom. The molecule has 1 aromatic rings. The van der Waals surface area contributed by atoms with Crippen LogP contribution in [0.5, 0.6) is 0 Å². The quantitative estimate of drug-likeness (QED) is 0.753. The highest BCUT2D eigenvalue weighted by Crippen LogP contribution is 2.34. The minimum atomic E-state index is 0.308. The van der Waals surface area contributed by atoms with Gasteiger partial charge < -0.3 is 5.32 Å². The Labute approximate surface area is 107 Å². The van der Waals surface area contributed by atoms with E-state index in [1.807, 2.05) is 6.92 Å². The second-order valence-electron chi connectivity index (χ2n) is 3.85. The zero-order chi connectivity index (χ0) is 12.0. The first-order chi connectivity index (χ1) is 7.70. The molecule has 0 aliphatic heterocycles. The maximum absolute atomic E-state index is 6.28.